The van der Waals surface area contributed by atoms with Crippen LogP contribution >= 0.6 is 0 Å². The van der Waals surface area contributed by atoms with Crippen molar-refractivity contribution in [1.29, 1.82) is 0 Å². The minimum Gasteiger partial charge on any atom is -0.341 e. The van der Waals surface area contributed by atoms with Crippen molar-refractivity contribution < 1.29 is 4.79 Å². The SMILES string of the molecule is CCCN(CCC)C(=O)Cn1cnc2c1c(=O)n(C)c(=O)n2C. The maximum Gasteiger partial charge on any atom is 0.332 e. The van der Waals surface area contributed by atoms with Crippen molar-refractivity contribution >= 4 is 17.1 Å². The number of nitrogens with zero attached hydrogens (tertiary/aromatic N) is 5. The Hall–Kier alpha value is -2.38. The summed E-state index contributed by atoms with van der Waals surface area (Å²) in [6.45, 7) is 5.47. The lowest BCUT2D eigenvalue weighted by Gasteiger charge is -2.21. The second kappa shape index (κ2) is 6.80. The number of hydrogen-bond donors (Lipinski definition) is 0. The number of rotatable bonds is 6. The summed E-state index contributed by atoms with van der Waals surface area (Å²) < 4.78 is 3.87. The van der Waals surface area contributed by atoms with Gasteiger partial charge in [-0.25, -0.2) is 9.78 Å². The highest BCUT2D eigenvalue weighted by molar-refractivity contribution is 5.79. The average Bonchev–Trinajstić information content (AvgIpc) is 2.94. The predicted octanol–water partition coefficient (Wildman–Crippen LogP) is 0.0823. The quantitative estimate of drug-likeness (QED) is 0.754. The lowest BCUT2D eigenvalue weighted by molar-refractivity contribution is -0.131. The van der Waals surface area contributed by atoms with Crippen molar-refractivity contribution in [1.82, 2.24) is 23.6 Å². The third-order valence-electron chi connectivity index (χ3n) is 3.86. The van der Waals surface area contributed by atoms with Gasteiger partial charge in [-0.1, -0.05) is 13.8 Å². The second-order valence-electron chi connectivity index (χ2n) is 5.63. The summed E-state index contributed by atoms with van der Waals surface area (Å²) in [4.78, 5) is 42.7. The van der Waals surface area contributed by atoms with Crippen LogP contribution < -0.4 is 11.2 Å². The zero-order chi connectivity index (χ0) is 17.1. The van der Waals surface area contributed by atoms with E-state index in [2.05, 4.69) is 4.98 Å². The van der Waals surface area contributed by atoms with Gasteiger partial charge in [-0.3, -0.25) is 18.7 Å². The predicted molar refractivity (Wildman–Crippen MR) is 87.4 cm³/mol. The molecule has 1 amide bonds. The number of aryl methyl sites for hydroxylation is 1. The van der Waals surface area contributed by atoms with Gasteiger partial charge in [-0.2, -0.15) is 0 Å². The van der Waals surface area contributed by atoms with Gasteiger partial charge in [0.25, 0.3) is 5.56 Å². The third-order valence-corrected chi connectivity index (χ3v) is 3.86. The zero-order valence-corrected chi connectivity index (χ0v) is 14.1. The van der Waals surface area contributed by atoms with Crippen LogP contribution in [0.2, 0.25) is 0 Å². The fourth-order valence-corrected chi connectivity index (χ4v) is 2.66. The van der Waals surface area contributed by atoms with Crippen LogP contribution in [0.3, 0.4) is 0 Å². The summed E-state index contributed by atoms with van der Waals surface area (Å²) in [6.07, 6.45) is 3.21. The van der Waals surface area contributed by atoms with Gasteiger partial charge in [0.1, 0.15) is 6.54 Å². The molecule has 0 aliphatic carbocycles. The van der Waals surface area contributed by atoms with E-state index >= 15 is 0 Å². The van der Waals surface area contributed by atoms with Crippen LogP contribution in [-0.4, -0.2) is 42.6 Å². The van der Waals surface area contributed by atoms with Crippen LogP contribution in [-0.2, 0) is 25.4 Å². The van der Waals surface area contributed by atoms with Crippen LogP contribution in [0.4, 0.5) is 0 Å². The van der Waals surface area contributed by atoms with Crippen molar-refractivity contribution in [2.45, 2.75) is 33.2 Å². The van der Waals surface area contributed by atoms with E-state index in [4.69, 9.17) is 0 Å². The van der Waals surface area contributed by atoms with Crippen molar-refractivity contribution in [2.75, 3.05) is 13.1 Å². The van der Waals surface area contributed by atoms with E-state index < -0.39 is 11.2 Å². The second-order valence-corrected chi connectivity index (χ2v) is 5.63. The number of aromatic nitrogens is 4. The summed E-state index contributed by atoms with van der Waals surface area (Å²) >= 11 is 0. The van der Waals surface area contributed by atoms with Gasteiger partial charge >= 0.3 is 5.69 Å². The average molecular weight is 321 g/mol. The lowest BCUT2D eigenvalue weighted by Crippen LogP contribution is -2.39. The number of fused-ring (bicyclic) bond motifs is 1. The Balaban J connectivity index is 2.44. The molecule has 0 radical (unpaired) electrons. The first-order chi connectivity index (χ1) is 10.9. The molecule has 8 nitrogen and oxygen atoms in total. The monoisotopic (exact) mass is 321 g/mol. The Bertz CT molecular complexity index is 824. The molecule has 2 heterocycles. The molecule has 0 aliphatic heterocycles. The van der Waals surface area contributed by atoms with Gasteiger partial charge in [-0.15, -0.1) is 0 Å². The van der Waals surface area contributed by atoms with E-state index in [9.17, 15) is 14.4 Å². The van der Waals surface area contributed by atoms with E-state index in [1.54, 1.807) is 11.9 Å². The molecule has 0 unspecified atom stereocenters. The van der Waals surface area contributed by atoms with Crippen LogP contribution in [0.25, 0.3) is 11.2 Å². The standard InChI is InChI=1S/C15H23N5O3/c1-5-7-19(8-6-2)11(21)9-20-10-16-13-12(20)14(22)18(4)15(23)17(13)3/h10H,5-9H2,1-4H3. The summed E-state index contributed by atoms with van der Waals surface area (Å²) in [5.41, 5.74) is -0.303. The highest BCUT2D eigenvalue weighted by atomic mass is 16.2. The van der Waals surface area contributed by atoms with Crippen LogP contribution in [0.1, 0.15) is 26.7 Å². The molecule has 126 valence electrons. The number of imidazole rings is 1. The van der Waals surface area contributed by atoms with Crippen molar-refractivity contribution in [2.24, 2.45) is 14.1 Å². The smallest absolute Gasteiger partial charge is 0.332 e. The molecule has 8 heteroatoms. The molecule has 23 heavy (non-hydrogen) atoms. The third kappa shape index (κ3) is 3.06. The molecular formula is C15H23N5O3. The lowest BCUT2D eigenvalue weighted by atomic mass is 10.3. The van der Waals surface area contributed by atoms with Crippen LogP contribution in [0.15, 0.2) is 15.9 Å². The fourth-order valence-electron chi connectivity index (χ4n) is 2.66. The fraction of sp³-hybridized carbons (Fsp3) is 0.600. The van der Waals surface area contributed by atoms with Crippen molar-refractivity contribution in [3.05, 3.63) is 27.2 Å². The number of hydrogen-bond acceptors (Lipinski definition) is 4. The maximum absolute atomic E-state index is 12.5. The molecule has 2 rings (SSSR count). The summed E-state index contributed by atoms with van der Waals surface area (Å²) in [7, 11) is 2.98. The number of amides is 1. The Morgan fingerprint density at radius 3 is 2.30 bits per heavy atom. The molecule has 2 aromatic heterocycles. The molecule has 0 spiro atoms. The first-order valence-corrected chi connectivity index (χ1v) is 7.80. The van der Waals surface area contributed by atoms with E-state index in [0.717, 1.165) is 17.4 Å². The largest absolute Gasteiger partial charge is 0.341 e. The van der Waals surface area contributed by atoms with Gasteiger partial charge in [0.15, 0.2) is 11.2 Å². The summed E-state index contributed by atoms with van der Waals surface area (Å²) in [6, 6.07) is 0. The molecule has 0 saturated carbocycles. The van der Waals surface area contributed by atoms with Gasteiger partial charge in [-0.05, 0) is 12.8 Å². The molecular weight excluding hydrogens is 298 g/mol. The van der Waals surface area contributed by atoms with Crippen molar-refractivity contribution in [3.8, 4) is 0 Å². The Kier molecular flexibility index (Phi) is 5.02. The molecule has 0 aliphatic rings. The zero-order valence-electron chi connectivity index (χ0n) is 14.1. The van der Waals surface area contributed by atoms with Gasteiger partial charge in [0, 0.05) is 27.2 Å². The number of carbonyl (C=O) groups excluding carboxylic acids is 1. The highest BCUT2D eigenvalue weighted by Crippen LogP contribution is 2.07. The molecule has 0 N–H and O–H groups in total. The van der Waals surface area contributed by atoms with E-state index in [1.165, 1.54) is 22.5 Å². The maximum atomic E-state index is 12.5. The minimum atomic E-state index is -0.439. The van der Waals surface area contributed by atoms with Gasteiger partial charge in [0.05, 0.1) is 6.33 Å². The van der Waals surface area contributed by atoms with E-state index in [0.29, 0.717) is 18.7 Å². The van der Waals surface area contributed by atoms with Crippen molar-refractivity contribution in [3.63, 3.8) is 0 Å². The van der Waals surface area contributed by atoms with Gasteiger partial charge < -0.3 is 9.47 Å². The summed E-state index contributed by atoms with van der Waals surface area (Å²) in [5, 5.41) is 0. The molecule has 0 aromatic carbocycles. The topological polar surface area (TPSA) is 82.1 Å². The minimum absolute atomic E-state index is 0.0456. The summed E-state index contributed by atoms with van der Waals surface area (Å²) in [5.74, 6) is -0.0519. The van der Waals surface area contributed by atoms with E-state index in [1.807, 2.05) is 13.8 Å². The van der Waals surface area contributed by atoms with Crippen LogP contribution in [0.5, 0.6) is 0 Å². The normalized spacial score (nSPS) is 11.1. The Morgan fingerprint density at radius 2 is 1.74 bits per heavy atom. The first-order valence-electron chi connectivity index (χ1n) is 7.80. The van der Waals surface area contributed by atoms with Gasteiger partial charge in [0.2, 0.25) is 5.91 Å². The Labute approximate surface area is 134 Å². The molecule has 0 saturated heterocycles. The Morgan fingerprint density at radius 1 is 1.13 bits per heavy atom. The first kappa shape index (κ1) is 17.0. The number of carbonyl (C=O) groups is 1. The molecule has 0 bridgehead atoms. The highest BCUT2D eigenvalue weighted by Gasteiger charge is 2.18. The molecule has 0 atom stereocenters. The van der Waals surface area contributed by atoms with Crippen LogP contribution in [0, 0.1) is 0 Å². The molecule has 0 fully saturated rings. The van der Waals surface area contributed by atoms with E-state index in [-0.39, 0.29) is 18.0 Å². The molecule has 2 aromatic rings.